The molecule has 2 aromatic carbocycles. The van der Waals surface area contributed by atoms with Crippen LogP contribution < -0.4 is 10.3 Å². The van der Waals surface area contributed by atoms with Gasteiger partial charge < -0.3 is 4.74 Å². The van der Waals surface area contributed by atoms with Crippen LogP contribution in [0.2, 0.25) is 0 Å². The maximum atomic E-state index is 13.5. The number of ether oxygens (including phenoxy) is 1. The minimum atomic E-state index is -0.285. The van der Waals surface area contributed by atoms with Gasteiger partial charge in [-0.25, -0.2) is 9.37 Å². The third kappa shape index (κ3) is 4.05. The first-order valence-corrected chi connectivity index (χ1v) is 11.4. The molecular weight excluding hydrogens is 441 g/mol. The Morgan fingerprint density at radius 2 is 2.00 bits per heavy atom. The molecule has 0 saturated carbocycles. The predicted molar refractivity (Wildman–Crippen MR) is 122 cm³/mol. The summed E-state index contributed by atoms with van der Waals surface area (Å²) in [5.41, 5.74) is 2.01. The van der Waals surface area contributed by atoms with Crippen LogP contribution >= 0.6 is 35.3 Å². The lowest BCUT2D eigenvalue weighted by Crippen LogP contribution is -2.19. The fraction of sp³-hybridized carbons (Fsp3) is 0.190. The second-order valence-corrected chi connectivity index (χ2v) is 9.05. The van der Waals surface area contributed by atoms with Crippen LogP contribution in [-0.2, 0) is 12.8 Å². The van der Waals surface area contributed by atoms with Crippen LogP contribution in [0, 0.1) is 9.77 Å². The van der Waals surface area contributed by atoms with Gasteiger partial charge in [-0.1, -0.05) is 35.2 Å². The second kappa shape index (κ2) is 8.71. The highest BCUT2D eigenvalue weighted by Crippen LogP contribution is 2.27. The number of thiazole rings is 1. The summed E-state index contributed by atoms with van der Waals surface area (Å²) in [4.78, 5) is 17.7. The minimum Gasteiger partial charge on any atom is -0.494 e. The summed E-state index contributed by atoms with van der Waals surface area (Å²) in [6.07, 6.45) is 0. The summed E-state index contributed by atoms with van der Waals surface area (Å²) < 4.78 is 23.3. The third-order valence-electron chi connectivity index (χ3n) is 4.44. The van der Waals surface area contributed by atoms with Crippen LogP contribution in [0.3, 0.4) is 0 Å². The Balaban J connectivity index is 1.76. The molecule has 0 fully saturated rings. The molecule has 0 aliphatic carbocycles. The Labute approximate surface area is 185 Å². The van der Waals surface area contributed by atoms with Crippen molar-refractivity contribution in [1.82, 2.24) is 14.1 Å². The summed E-state index contributed by atoms with van der Waals surface area (Å²) in [7, 11) is 1.69. The van der Waals surface area contributed by atoms with E-state index in [4.69, 9.17) is 21.9 Å². The van der Waals surface area contributed by atoms with Crippen LogP contribution in [0.1, 0.15) is 12.5 Å². The zero-order chi connectivity index (χ0) is 21.3. The first-order valence-electron chi connectivity index (χ1n) is 9.21. The van der Waals surface area contributed by atoms with Crippen molar-refractivity contribution in [3.05, 3.63) is 74.2 Å². The van der Waals surface area contributed by atoms with Crippen LogP contribution in [0.5, 0.6) is 5.75 Å². The molecule has 30 heavy (non-hydrogen) atoms. The lowest BCUT2D eigenvalue weighted by Gasteiger charge is -2.10. The van der Waals surface area contributed by atoms with Gasteiger partial charge >= 0.3 is 0 Å². The molecule has 5 nitrogen and oxygen atoms in total. The van der Waals surface area contributed by atoms with Gasteiger partial charge in [0.25, 0.3) is 5.56 Å². The molecule has 9 heteroatoms. The number of aromatic nitrogens is 3. The largest absolute Gasteiger partial charge is 0.494 e. The molecule has 0 amide bonds. The van der Waals surface area contributed by atoms with E-state index in [9.17, 15) is 9.18 Å². The van der Waals surface area contributed by atoms with Gasteiger partial charge in [0.05, 0.1) is 6.61 Å². The molecule has 4 rings (SSSR count). The maximum Gasteiger partial charge on any atom is 0.273 e. The van der Waals surface area contributed by atoms with Crippen molar-refractivity contribution < 1.29 is 9.13 Å². The average molecular weight is 460 g/mol. The Kier molecular flexibility index (Phi) is 6.03. The second-order valence-electron chi connectivity index (χ2n) is 6.46. The van der Waals surface area contributed by atoms with E-state index < -0.39 is 0 Å². The van der Waals surface area contributed by atoms with Gasteiger partial charge in [0, 0.05) is 18.5 Å². The number of benzene rings is 2. The first kappa shape index (κ1) is 20.8. The SMILES string of the molecule is CCOc1ccc(-n2c(=S)sc3c(=O)n(C)c(SCc4cccc(F)c4)nc32)cc1. The smallest absolute Gasteiger partial charge is 0.273 e. The molecule has 0 atom stereocenters. The highest BCUT2D eigenvalue weighted by Gasteiger charge is 2.16. The van der Waals surface area contributed by atoms with Crippen molar-refractivity contribution in [3.8, 4) is 11.4 Å². The van der Waals surface area contributed by atoms with Gasteiger partial charge in [-0.3, -0.25) is 13.9 Å². The van der Waals surface area contributed by atoms with E-state index >= 15 is 0 Å². The summed E-state index contributed by atoms with van der Waals surface area (Å²) in [5.74, 6) is 0.979. The van der Waals surface area contributed by atoms with E-state index in [1.807, 2.05) is 37.3 Å². The predicted octanol–water partition coefficient (Wildman–Crippen LogP) is 5.35. The molecule has 0 unspecified atom stereocenters. The van der Waals surface area contributed by atoms with Crippen molar-refractivity contribution in [2.24, 2.45) is 7.05 Å². The van der Waals surface area contributed by atoms with Gasteiger partial charge in [0.2, 0.25) is 0 Å². The Morgan fingerprint density at radius 3 is 2.70 bits per heavy atom. The van der Waals surface area contributed by atoms with Crippen molar-refractivity contribution in [2.75, 3.05) is 6.61 Å². The maximum absolute atomic E-state index is 13.5. The van der Waals surface area contributed by atoms with Crippen LogP contribution in [0.15, 0.2) is 58.5 Å². The fourth-order valence-electron chi connectivity index (χ4n) is 3.00. The normalized spacial score (nSPS) is 11.2. The van der Waals surface area contributed by atoms with E-state index in [0.29, 0.717) is 31.8 Å². The standard InChI is InChI=1S/C21H18FN3O2S3/c1-3-27-16-9-7-15(8-10-16)25-18-17(30-21(25)28)19(26)24(2)20(23-18)29-12-13-5-4-6-14(22)11-13/h4-11H,3,12H2,1-2H3. The van der Waals surface area contributed by atoms with E-state index in [-0.39, 0.29) is 11.4 Å². The molecule has 0 aliphatic rings. The summed E-state index contributed by atoms with van der Waals surface area (Å²) in [5, 5.41) is 0.546. The highest BCUT2D eigenvalue weighted by molar-refractivity contribution is 7.98. The number of hydrogen-bond donors (Lipinski definition) is 0. The molecule has 2 aromatic heterocycles. The molecule has 0 N–H and O–H groups in total. The average Bonchev–Trinajstić information content (AvgIpc) is 3.07. The molecule has 0 aliphatic heterocycles. The van der Waals surface area contributed by atoms with Crippen LogP contribution in [0.4, 0.5) is 4.39 Å². The monoisotopic (exact) mass is 459 g/mol. The number of nitrogens with zero attached hydrogens (tertiary/aromatic N) is 3. The van der Waals surface area contributed by atoms with Gasteiger partial charge in [-0.05, 0) is 61.1 Å². The molecule has 0 saturated heterocycles. The van der Waals surface area contributed by atoms with Crippen molar-refractivity contribution in [3.63, 3.8) is 0 Å². The Bertz CT molecular complexity index is 1330. The Morgan fingerprint density at radius 1 is 1.23 bits per heavy atom. The topological polar surface area (TPSA) is 49.0 Å². The van der Waals surface area contributed by atoms with E-state index in [2.05, 4.69) is 0 Å². The third-order valence-corrected chi connectivity index (χ3v) is 6.89. The van der Waals surface area contributed by atoms with Crippen LogP contribution in [-0.4, -0.2) is 20.7 Å². The number of thioether (sulfide) groups is 1. The van der Waals surface area contributed by atoms with E-state index in [0.717, 1.165) is 17.0 Å². The van der Waals surface area contributed by atoms with Crippen molar-refractivity contribution in [2.45, 2.75) is 17.8 Å². The lowest BCUT2D eigenvalue weighted by molar-refractivity contribution is 0.340. The molecule has 4 aromatic rings. The van der Waals surface area contributed by atoms with Crippen molar-refractivity contribution in [1.29, 1.82) is 0 Å². The first-order chi connectivity index (χ1) is 14.5. The summed E-state index contributed by atoms with van der Waals surface area (Å²) in [6, 6.07) is 13.9. The number of hydrogen-bond acceptors (Lipinski definition) is 6. The Hall–Kier alpha value is -2.49. The van der Waals surface area contributed by atoms with Gasteiger partial charge in [-0.15, -0.1) is 0 Å². The van der Waals surface area contributed by atoms with Gasteiger partial charge in [-0.2, -0.15) is 0 Å². The zero-order valence-corrected chi connectivity index (χ0v) is 18.7. The zero-order valence-electron chi connectivity index (χ0n) is 16.3. The molecule has 0 radical (unpaired) electrons. The van der Waals surface area contributed by atoms with E-state index in [1.54, 1.807) is 17.7 Å². The molecule has 154 valence electrons. The fourth-order valence-corrected chi connectivity index (χ4v) is 5.26. The van der Waals surface area contributed by atoms with Crippen LogP contribution in [0.25, 0.3) is 16.0 Å². The van der Waals surface area contributed by atoms with Gasteiger partial charge in [0.15, 0.2) is 14.8 Å². The number of fused-ring (bicyclic) bond motifs is 1. The number of rotatable bonds is 6. The number of halogens is 1. The summed E-state index contributed by atoms with van der Waals surface area (Å²) in [6.45, 7) is 2.52. The highest BCUT2D eigenvalue weighted by atomic mass is 32.2. The molecular formula is C21H18FN3O2S3. The quantitative estimate of drug-likeness (QED) is 0.221. The van der Waals surface area contributed by atoms with Crippen molar-refractivity contribution >= 4 is 45.7 Å². The van der Waals surface area contributed by atoms with E-state index in [1.165, 1.54) is 39.8 Å². The van der Waals surface area contributed by atoms with Gasteiger partial charge in [0.1, 0.15) is 16.3 Å². The molecule has 0 spiro atoms. The summed E-state index contributed by atoms with van der Waals surface area (Å²) >= 11 is 8.16. The lowest BCUT2D eigenvalue weighted by atomic mass is 10.2. The minimum absolute atomic E-state index is 0.150. The molecule has 0 bridgehead atoms. The molecule has 2 heterocycles.